The molecule has 1 atom stereocenters. The summed E-state index contributed by atoms with van der Waals surface area (Å²) in [5, 5.41) is 15.0. The van der Waals surface area contributed by atoms with Crippen LogP contribution in [0.2, 0.25) is 0 Å². The molecule has 1 aliphatic carbocycles. The van der Waals surface area contributed by atoms with Gasteiger partial charge in [-0.3, -0.25) is 4.98 Å². The summed E-state index contributed by atoms with van der Waals surface area (Å²) in [6, 6.07) is 3.35. The number of nitrogens with one attached hydrogen (secondary N) is 2. The van der Waals surface area contributed by atoms with Gasteiger partial charge in [-0.1, -0.05) is 19.3 Å². The molecule has 1 heterocycles. The van der Waals surface area contributed by atoms with Crippen LogP contribution in [0.5, 0.6) is 0 Å². The second-order valence-corrected chi connectivity index (χ2v) is 5.35. The fourth-order valence-corrected chi connectivity index (χ4v) is 2.87. The molecule has 0 saturated heterocycles. The van der Waals surface area contributed by atoms with Crippen molar-refractivity contribution in [2.45, 2.75) is 44.6 Å². The van der Waals surface area contributed by atoms with Gasteiger partial charge in [0.2, 0.25) is 0 Å². The molecule has 1 aliphatic rings. The molecule has 0 aliphatic heterocycles. The molecule has 1 aromatic rings. The minimum absolute atomic E-state index is 0.0575. The van der Waals surface area contributed by atoms with Crippen molar-refractivity contribution in [1.29, 1.82) is 0 Å². The predicted octanol–water partition coefficient (Wildman–Crippen LogP) is 2.53. The smallest absolute Gasteiger partial charge is 0.319 e. The van der Waals surface area contributed by atoms with Gasteiger partial charge < -0.3 is 15.7 Å². The maximum absolute atomic E-state index is 12.0. The van der Waals surface area contributed by atoms with Crippen molar-refractivity contribution >= 4 is 11.7 Å². The Balaban J connectivity index is 1.88. The number of rotatable bonds is 5. The number of hydrogen-bond acceptors (Lipinski definition) is 3. The lowest BCUT2D eigenvalue weighted by molar-refractivity contribution is 0.202. The Morgan fingerprint density at radius 3 is 2.65 bits per heavy atom. The van der Waals surface area contributed by atoms with Crippen LogP contribution in [0.15, 0.2) is 24.5 Å². The number of hydrogen-bond donors (Lipinski definition) is 3. The van der Waals surface area contributed by atoms with Crippen LogP contribution in [-0.4, -0.2) is 28.8 Å². The van der Waals surface area contributed by atoms with E-state index in [1.165, 1.54) is 19.3 Å². The summed E-state index contributed by atoms with van der Waals surface area (Å²) < 4.78 is 0. The van der Waals surface area contributed by atoms with E-state index in [4.69, 9.17) is 0 Å². The van der Waals surface area contributed by atoms with Crippen LogP contribution in [0.3, 0.4) is 0 Å². The number of carbonyl (C=O) groups is 1. The number of aliphatic hydroxyl groups is 1. The third-order valence-corrected chi connectivity index (χ3v) is 3.91. The van der Waals surface area contributed by atoms with Crippen LogP contribution in [-0.2, 0) is 0 Å². The molecule has 0 radical (unpaired) electrons. The van der Waals surface area contributed by atoms with E-state index in [2.05, 4.69) is 15.6 Å². The molecule has 5 nitrogen and oxygen atoms in total. The van der Waals surface area contributed by atoms with Gasteiger partial charge in [-0.2, -0.15) is 0 Å². The Bertz CT molecular complexity index is 405. The first-order chi connectivity index (χ1) is 9.79. The fourth-order valence-electron chi connectivity index (χ4n) is 2.87. The van der Waals surface area contributed by atoms with Gasteiger partial charge in [0.15, 0.2) is 0 Å². The van der Waals surface area contributed by atoms with Crippen molar-refractivity contribution in [3.63, 3.8) is 0 Å². The van der Waals surface area contributed by atoms with Crippen molar-refractivity contribution < 1.29 is 9.90 Å². The van der Waals surface area contributed by atoms with E-state index < -0.39 is 0 Å². The minimum atomic E-state index is -0.208. The van der Waals surface area contributed by atoms with E-state index in [1.54, 1.807) is 24.5 Å². The second-order valence-electron chi connectivity index (χ2n) is 5.35. The Labute approximate surface area is 119 Å². The first-order valence-corrected chi connectivity index (χ1v) is 7.38. The molecule has 1 fully saturated rings. The summed E-state index contributed by atoms with van der Waals surface area (Å²) >= 11 is 0. The number of carbonyl (C=O) groups excluding carboxylic acids is 1. The average Bonchev–Trinajstić information content (AvgIpc) is 2.49. The van der Waals surface area contributed by atoms with Crippen LogP contribution in [0.1, 0.15) is 38.5 Å². The summed E-state index contributed by atoms with van der Waals surface area (Å²) in [7, 11) is 0. The minimum Gasteiger partial charge on any atom is -0.396 e. The number of aromatic nitrogens is 1. The molecule has 2 amide bonds. The van der Waals surface area contributed by atoms with Gasteiger partial charge >= 0.3 is 6.03 Å². The summed E-state index contributed by atoms with van der Waals surface area (Å²) in [5.41, 5.74) is 0.726. The largest absolute Gasteiger partial charge is 0.396 e. The van der Waals surface area contributed by atoms with E-state index in [-0.39, 0.29) is 18.7 Å². The van der Waals surface area contributed by atoms with Gasteiger partial charge in [-0.25, -0.2) is 4.79 Å². The second kappa shape index (κ2) is 7.85. The highest BCUT2D eigenvalue weighted by Crippen LogP contribution is 2.27. The topological polar surface area (TPSA) is 74.2 Å². The molecule has 0 bridgehead atoms. The SMILES string of the molecule is O=C(Nc1ccncc1)N[C@H](CCO)C1CCCCC1. The maximum atomic E-state index is 12.0. The summed E-state index contributed by atoms with van der Waals surface area (Å²) in [6.45, 7) is 0.108. The number of nitrogens with zero attached hydrogens (tertiary/aromatic N) is 1. The normalized spacial score (nSPS) is 17.4. The Morgan fingerprint density at radius 2 is 2.00 bits per heavy atom. The molecule has 1 saturated carbocycles. The lowest BCUT2D eigenvalue weighted by atomic mass is 9.83. The number of pyridine rings is 1. The van der Waals surface area contributed by atoms with Gasteiger partial charge in [0, 0.05) is 30.7 Å². The average molecular weight is 277 g/mol. The number of amides is 2. The molecule has 0 spiro atoms. The van der Waals surface area contributed by atoms with E-state index in [0.29, 0.717) is 12.3 Å². The van der Waals surface area contributed by atoms with Crippen molar-refractivity contribution in [2.75, 3.05) is 11.9 Å². The molecule has 20 heavy (non-hydrogen) atoms. The highest BCUT2D eigenvalue weighted by atomic mass is 16.3. The van der Waals surface area contributed by atoms with Crippen LogP contribution in [0.25, 0.3) is 0 Å². The molecule has 5 heteroatoms. The molecule has 1 aromatic heterocycles. The molecule has 0 unspecified atom stereocenters. The Kier molecular flexibility index (Phi) is 5.80. The number of anilines is 1. The zero-order valence-electron chi connectivity index (χ0n) is 11.7. The van der Waals surface area contributed by atoms with Crippen molar-refractivity contribution in [1.82, 2.24) is 10.3 Å². The van der Waals surface area contributed by atoms with Crippen LogP contribution in [0.4, 0.5) is 10.5 Å². The number of urea groups is 1. The van der Waals surface area contributed by atoms with Crippen molar-refractivity contribution in [2.24, 2.45) is 5.92 Å². The van der Waals surface area contributed by atoms with E-state index >= 15 is 0 Å². The Morgan fingerprint density at radius 1 is 1.30 bits per heavy atom. The molecule has 3 N–H and O–H groups in total. The first-order valence-electron chi connectivity index (χ1n) is 7.38. The summed E-state index contributed by atoms with van der Waals surface area (Å²) in [5.74, 6) is 0.485. The molecule has 110 valence electrons. The summed E-state index contributed by atoms with van der Waals surface area (Å²) in [4.78, 5) is 15.9. The predicted molar refractivity (Wildman–Crippen MR) is 78.5 cm³/mol. The van der Waals surface area contributed by atoms with Gasteiger partial charge in [-0.15, -0.1) is 0 Å². The zero-order valence-corrected chi connectivity index (χ0v) is 11.7. The quantitative estimate of drug-likeness (QED) is 0.774. The Hall–Kier alpha value is -1.62. The standard InChI is InChI=1S/C15H23N3O2/c19-11-8-14(12-4-2-1-3-5-12)18-15(20)17-13-6-9-16-10-7-13/h6-7,9-10,12,14,19H,1-5,8,11H2,(H2,16,17,18,20)/t14-/m1/s1. The third-order valence-electron chi connectivity index (χ3n) is 3.91. The highest BCUT2D eigenvalue weighted by Gasteiger charge is 2.24. The van der Waals surface area contributed by atoms with Crippen LogP contribution in [0, 0.1) is 5.92 Å². The van der Waals surface area contributed by atoms with Gasteiger partial charge in [-0.05, 0) is 37.3 Å². The van der Waals surface area contributed by atoms with Crippen LogP contribution >= 0.6 is 0 Å². The molecular weight excluding hydrogens is 254 g/mol. The number of aliphatic hydroxyl groups excluding tert-OH is 1. The molecule has 0 aromatic carbocycles. The molecule has 2 rings (SSSR count). The maximum Gasteiger partial charge on any atom is 0.319 e. The van der Waals surface area contributed by atoms with Crippen molar-refractivity contribution in [3.8, 4) is 0 Å². The summed E-state index contributed by atoms with van der Waals surface area (Å²) in [6.07, 6.45) is 9.91. The fraction of sp³-hybridized carbons (Fsp3) is 0.600. The van der Waals surface area contributed by atoms with E-state index in [1.807, 2.05) is 0 Å². The van der Waals surface area contributed by atoms with Crippen LogP contribution < -0.4 is 10.6 Å². The lowest BCUT2D eigenvalue weighted by Crippen LogP contribution is -2.43. The zero-order chi connectivity index (χ0) is 14.2. The lowest BCUT2D eigenvalue weighted by Gasteiger charge is -2.30. The highest BCUT2D eigenvalue weighted by molar-refractivity contribution is 5.89. The van der Waals surface area contributed by atoms with Gasteiger partial charge in [0.1, 0.15) is 0 Å². The van der Waals surface area contributed by atoms with E-state index in [0.717, 1.165) is 18.5 Å². The van der Waals surface area contributed by atoms with E-state index in [9.17, 15) is 9.90 Å². The third kappa shape index (κ3) is 4.49. The monoisotopic (exact) mass is 277 g/mol. The van der Waals surface area contributed by atoms with Crippen molar-refractivity contribution in [3.05, 3.63) is 24.5 Å². The molecular formula is C15H23N3O2. The van der Waals surface area contributed by atoms with Gasteiger partial charge in [0.25, 0.3) is 0 Å². The first kappa shape index (κ1) is 14.8. The van der Waals surface area contributed by atoms with Gasteiger partial charge in [0.05, 0.1) is 0 Å².